The SMILES string of the molecule is CS(=O)(=O)c1ccc2nc(Nc3nc(N4CCCCC4)nc(N4CCCCC4)n3)sc2c1.Cl.N.N.N.N.[HH].[HH].[HH].[HH]. The summed E-state index contributed by atoms with van der Waals surface area (Å²) in [4.78, 5) is 23.6. The fraction of sp³-hybridized carbons (Fsp3) is 0.524. The van der Waals surface area contributed by atoms with Crippen LogP contribution in [-0.4, -0.2) is 60.8 Å². The summed E-state index contributed by atoms with van der Waals surface area (Å²) in [5.41, 5.74) is 0.742. The van der Waals surface area contributed by atoms with Crippen LogP contribution in [0.4, 0.5) is 23.0 Å². The Morgan fingerprint density at radius 2 is 1.32 bits per heavy atom. The molecule has 4 heterocycles. The number of hydrogen-bond acceptors (Lipinski definition) is 14. The molecule has 0 aliphatic carbocycles. The number of halogens is 1. The van der Waals surface area contributed by atoms with E-state index in [0.717, 1.165) is 62.1 Å². The lowest BCUT2D eigenvalue weighted by atomic mass is 10.1. The van der Waals surface area contributed by atoms with Crippen LogP contribution in [0.15, 0.2) is 23.1 Å². The first-order valence-electron chi connectivity index (χ1n) is 11.1. The maximum Gasteiger partial charge on any atom is 0.235 e. The molecule has 0 radical (unpaired) electrons. The molecular formula is C21H48ClN11O2S2. The van der Waals surface area contributed by atoms with E-state index in [2.05, 4.69) is 20.1 Å². The van der Waals surface area contributed by atoms with E-state index in [1.54, 1.807) is 18.2 Å². The molecule has 0 spiro atoms. The molecule has 2 aromatic heterocycles. The third kappa shape index (κ3) is 8.04. The highest BCUT2D eigenvalue weighted by Gasteiger charge is 2.21. The van der Waals surface area contributed by atoms with Crippen molar-refractivity contribution in [1.29, 1.82) is 0 Å². The molecule has 2 aliphatic rings. The lowest BCUT2D eigenvalue weighted by molar-refractivity contribution is 0.556. The van der Waals surface area contributed by atoms with Gasteiger partial charge in [0.05, 0.1) is 15.1 Å². The largest absolute Gasteiger partial charge is 0.344 e. The Bertz CT molecular complexity index is 1210. The van der Waals surface area contributed by atoms with E-state index in [4.69, 9.17) is 15.0 Å². The summed E-state index contributed by atoms with van der Waals surface area (Å²) in [6.45, 7) is 3.83. The van der Waals surface area contributed by atoms with Gasteiger partial charge in [-0.2, -0.15) is 15.0 Å². The Morgan fingerprint density at radius 3 is 1.81 bits per heavy atom. The highest BCUT2D eigenvalue weighted by Crippen LogP contribution is 2.30. The fourth-order valence-corrected chi connectivity index (χ4v) is 5.79. The van der Waals surface area contributed by atoms with E-state index in [1.165, 1.54) is 30.4 Å². The van der Waals surface area contributed by atoms with Gasteiger partial charge in [-0.25, -0.2) is 13.4 Å². The van der Waals surface area contributed by atoms with Gasteiger partial charge in [0.15, 0.2) is 15.0 Å². The summed E-state index contributed by atoms with van der Waals surface area (Å²) in [5.74, 6) is 1.90. The van der Waals surface area contributed by atoms with Crippen molar-refractivity contribution in [2.45, 2.75) is 43.4 Å². The van der Waals surface area contributed by atoms with Crippen LogP contribution in [-0.2, 0) is 9.84 Å². The highest BCUT2D eigenvalue weighted by molar-refractivity contribution is 7.90. The molecule has 0 amide bonds. The smallest absolute Gasteiger partial charge is 0.235 e. The molecule has 13 N–H and O–H groups in total. The standard InChI is InChI=1S/C21H27N7O2S2.ClH.4H3N.4H2/c1-32(29,30)15-8-9-16-17(14-15)31-21(22-16)25-18-23-19(27-10-4-2-5-11-27)26-20(24-18)28-12-6-3-7-13-28;;;;;;;;;/h8-9,14H,2-7,10-13H2,1H3,(H,22,23,24,25,26);1H;4*1H3;4*1H. The number of fused-ring (bicyclic) bond motifs is 1. The fourth-order valence-electron chi connectivity index (χ4n) is 4.17. The van der Waals surface area contributed by atoms with Crippen molar-refractivity contribution < 1.29 is 14.1 Å². The number of hydrogen-bond donors (Lipinski definition) is 5. The second kappa shape index (κ2) is 14.5. The van der Waals surface area contributed by atoms with Gasteiger partial charge in [-0.15, -0.1) is 12.4 Å². The molecule has 0 atom stereocenters. The third-order valence-electron chi connectivity index (χ3n) is 5.90. The van der Waals surface area contributed by atoms with Gasteiger partial charge in [0, 0.05) is 38.1 Å². The molecule has 37 heavy (non-hydrogen) atoms. The highest BCUT2D eigenvalue weighted by atomic mass is 35.5. The van der Waals surface area contributed by atoms with Crippen molar-refractivity contribution in [3.05, 3.63) is 18.2 Å². The lowest BCUT2D eigenvalue weighted by Crippen LogP contribution is -2.34. The number of piperidine rings is 2. The summed E-state index contributed by atoms with van der Waals surface area (Å²) in [6, 6.07) is 4.99. The first-order chi connectivity index (χ1) is 15.5. The predicted octanol–water partition coefficient (Wildman–Crippen LogP) is 5.66. The van der Waals surface area contributed by atoms with Crippen molar-refractivity contribution >= 4 is 66.8 Å². The Kier molecular flexibility index (Phi) is 13.6. The predicted molar refractivity (Wildman–Crippen MR) is 164 cm³/mol. The van der Waals surface area contributed by atoms with Gasteiger partial charge in [0.25, 0.3) is 0 Å². The Labute approximate surface area is 234 Å². The van der Waals surface area contributed by atoms with Crippen LogP contribution in [0.3, 0.4) is 0 Å². The Hall–Kier alpha value is -2.40. The summed E-state index contributed by atoms with van der Waals surface area (Å²) in [5, 5.41) is 3.88. The molecule has 1 aromatic carbocycles. The maximum atomic E-state index is 11.9. The summed E-state index contributed by atoms with van der Waals surface area (Å²) < 4.78 is 24.6. The van der Waals surface area contributed by atoms with Crippen LogP contribution in [0.5, 0.6) is 0 Å². The Morgan fingerprint density at radius 1 is 0.811 bits per heavy atom. The average molecular weight is 586 g/mol. The van der Waals surface area contributed by atoms with E-state index in [0.29, 0.717) is 27.9 Å². The molecule has 2 saturated heterocycles. The number of aromatic nitrogens is 4. The normalized spacial score (nSPS) is 15.3. The minimum atomic E-state index is -3.27. The van der Waals surface area contributed by atoms with Crippen LogP contribution in [0.2, 0.25) is 0 Å². The lowest BCUT2D eigenvalue weighted by Gasteiger charge is -2.30. The molecule has 218 valence electrons. The van der Waals surface area contributed by atoms with Crippen LogP contribution < -0.4 is 39.7 Å². The number of thiazole rings is 1. The van der Waals surface area contributed by atoms with E-state index in [9.17, 15) is 8.42 Å². The zero-order valence-electron chi connectivity index (χ0n) is 21.4. The van der Waals surface area contributed by atoms with Gasteiger partial charge in [0.1, 0.15) is 0 Å². The van der Waals surface area contributed by atoms with Crippen LogP contribution in [0, 0.1) is 0 Å². The summed E-state index contributed by atoms with van der Waals surface area (Å²) in [7, 11) is -3.27. The molecule has 0 saturated carbocycles. The van der Waals surface area contributed by atoms with Crippen LogP contribution >= 0.6 is 23.7 Å². The van der Waals surface area contributed by atoms with Crippen molar-refractivity contribution in [1.82, 2.24) is 44.5 Å². The van der Waals surface area contributed by atoms with Crippen LogP contribution in [0.1, 0.15) is 44.2 Å². The van der Waals surface area contributed by atoms with Gasteiger partial charge in [-0.05, 0) is 56.7 Å². The summed E-state index contributed by atoms with van der Waals surface area (Å²) in [6.07, 6.45) is 8.28. The molecule has 2 fully saturated rings. The van der Waals surface area contributed by atoms with Crippen LogP contribution in [0.25, 0.3) is 10.2 Å². The molecule has 0 bridgehead atoms. The van der Waals surface area contributed by atoms with Crippen molar-refractivity contribution in [3.8, 4) is 0 Å². The van der Waals surface area contributed by atoms with Crippen molar-refractivity contribution in [2.24, 2.45) is 0 Å². The van der Waals surface area contributed by atoms with E-state index >= 15 is 0 Å². The number of rotatable bonds is 5. The second-order valence-corrected chi connectivity index (χ2v) is 11.4. The number of benzene rings is 1. The zero-order chi connectivity index (χ0) is 22.1. The minimum absolute atomic E-state index is 0. The van der Waals surface area contributed by atoms with E-state index in [-0.39, 0.29) is 42.7 Å². The molecule has 13 nitrogen and oxygen atoms in total. The van der Waals surface area contributed by atoms with Crippen molar-refractivity contribution in [2.75, 3.05) is 47.6 Å². The minimum Gasteiger partial charge on any atom is -0.344 e. The summed E-state index contributed by atoms with van der Waals surface area (Å²) >= 11 is 1.39. The van der Waals surface area contributed by atoms with Gasteiger partial charge in [-0.3, -0.25) is 5.32 Å². The molecule has 3 aromatic rings. The van der Waals surface area contributed by atoms with Gasteiger partial charge >= 0.3 is 0 Å². The van der Waals surface area contributed by atoms with Gasteiger partial charge < -0.3 is 34.4 Å². The number of sulfone groups is 1. The van der Waals surface area contributed by atoms with E-state index in [1.807, 2.05) is 0 Å². The topological polar surface area (TPSA) is 244 Å². The van der Waals surface area contributed by atoms with E-state index < -0.39 is 9.84 Å². The van der Waals surface area contributed by atoms with Crippen molar-refractivity contribution in [3.63, 3.8) is 0 Å². The third-order valence-corrected chi connectivity index (χ3v) is 7.94. The molecular weight excluding hydrogens is 538 g/mol. The first kappa shape index (κ1) is 34.6. The van der Waals surface area contributed by atoms with Gasteiger partial charge in [0.2, 0.25) is 17.8 Å². The zero-order valence-corrected chi connectivity index (χ0v) is 23.8. The molecule has 5 rings (SSSR count). The monoisotopic (exact) mass is 585 g/mol. The quantitative estimate of drug-likeness (QED) is 0.242. The molecule has 0 unspecified atom stereocenters. The van der Waals surface area contributed by atoms with Gasteiger partial charge in [-0.1, -0.05) is 11.3 Å². The second-order valence-electron chi connectivity index (χ2n) is 8.40. The molecule has 16 heteroatoms. The molecule has 2 aliphatic heterocycles. The first-order valence-corrected chi connectivity index (χ1v) is 13.8. The number of nitrogens with one attached hydrogen (secondary N) is 1. The Balaban J connectivity index is -0.000000480. The number of anilines is 4. The average Bonchev–Trinajstić information content (AvgIpc) is 3.21. The number of nitrogens with zero attached hydrogens (tertiary/aromatic N) is 6. The maximum absolute atomic E-state index is 11.9.